The van der Waals surface area contributed by atoms with Crippen molar-refractivity contribution in [3.8, 4) is 0 Å². The maximum Gasteiger partial charge on any atom is 0.239 e. The largest absolute Gasteiger partial charge is 0.358 e. The molecule has 0 saturated carbocycles. The second kappa shape index (κ2) is 9.24. The summed E-state index contributed by atoms with van der Waals surface area (Å²) in [6.45, 7) is 2.20. The highest BCUT2D eigenvalue weighted by molar-refractivity contribution is 5.85. The molecule has 0 spiro atoms. The van der Waals surface area contributed by atoms with E-state index in [0.717, 1.165) is 32.4 Å². The van der Waals surface area contributed by atoms with Crippen molar-refractivity contribution in [2.45, 2.75) is 25.7 Å². The van der Waals surface area contributed by atoms with Crippen molar-refractivity contribution in [2.75, 3.05) is 26.7 Å². The molecule has 0 aromatic rings. The molecule has 3 N–H and O–H groups in total. The van der Waals surface area contributed by atoms with Gasteiger partial charge in [-0.1, -0.05) is 0 Å². The van der Waals surface area contributed by atoms with Crippen LogP contribution in [-0.4, -0.2) is 38.5 Å². The average molecular weight is 264 g/mol. The summed E-state index contributed by atoms with van der Waals surface area (Å²) < 4.78 is 0. The molecule has 1 heterocycles. The van der Waals surface area contributed by atoms with Gasteiger partial charge in [0.25, 0.3) is 0 Å². The third kappa shape index (κ3) is 7.18. The Bertz CT molecular complexity index is 243. The summed E-state index contributed by atoms with van der Waals surface area (Å²) in [5.74, 6) is 0.476. The monoisotopic (exact) mass is 263 g/mol. The van der Waals surface area contributed by atoms with Gasteiger partial charge < -0.3 is 16.0 Å². The van der Waals surface area contributed by atoms with Crippen molar-refractivity contribution in [2.24, 2.45) is 5.92 Å². The lowest BCUT2D eigenvalue weighted by atomic mass is 9.93. The Kier molecular flexibility index (Phi) is 8.80. The first kappa shape index (κ1) is 16.2. The van der Waals surface area contributed by atoms with Gasteiger partial charge >= 0.3 is 0 Å². The maximum atomic E-state index is 11.4. The first-order valence-corrected chi connectivity index (χ1v) is 5.90. The highest BCUT2D eigenvalue weighted by Gasteiger charge is 2.14. The van der Waals surface area contributed by atoms with Crippen molar-refractivity contribution in [1.29, 1.82) is 0 Å². The van der Waals surface area contributed by atoms with Crippen molar-refractivity contribution in [1.82, 2.24) is 16.0 Å². The van der Waals surface area contributed by atoms with Gasteiger partial charge in [-0.3, -0.25) is 9.59 Å². The van der Waals surface area contributed by atoms with E-state index >= 15 is 0 Å². The minimum absolute atomic E-state index is 0. The van der Waals surface area contributed by atoms with E-state index < -0.39 is 0 Å². The third-order valence-electron chi connectivity index (χ3n) is 2.96. The summed E-state index contributed by atoms with van der Waals surface area (Å²) in [6.07, 6.45) is 3.77. The normalized spacial score (nSPS) is 15.8. The van der Waals surface area contributed by atoms with Crippen LogP contribution in [0.2, 0.25) is 0 Å². The van der Waals surface area contributed by atoms with E-state index in [-0.39, 0.29) is 30.8 Å². The Morgan fingerprint density at radius 2 is 1.88 bits per heavy atom. The van der Waals surface area contributed by atoms with Crippen LogP contribution in [0.1, 0.15) is 25.7 Å². The fourth-order valence-electron chi connectivity index (χ4n) is 1.86. The van der Waals surface area contributed by atoms with E-state index in [1.807, 2.05) is 0 Å². The van der Waals surface area contributed by atoms with Gasteiger partial charge in [0.1, 0.15) is 0 Å². The van der Waals surface area contributed by atoms with Gasteiger partial charge in [0.05, 0.1) is 6.54 Å². The fraction of sp³-hybridized carbons (Fsp3) is 0.818. The molecule has 1 aliphatic rings. The highest BCUT2D eigenvalue weighted by atomic mass is 35.5. The fourth-order valence-corrected chi connectivity index (χ4v) is 1.86. The molecule has 0 aromatic carbocycles. The first-order valence-electron chi connectivity index (χ1n) is 5.90. The van der Waals surface area contributed by atoms with Crippen molar-refractivity contribution in [3.05, 3.63) is 0 Å². The predicted octanol–water partition coefficient (Wildman–Crippen LogP) is 0.0502. The number of carbonyl (C=O) groups is 2. The molecule has 5 nitrogen and oxygen atoms in total. The van der Waals surface area contributed by atoms with Gasteiger partial charge in [0, 0.05) is 13.5 Å². The van der Waals surface area contributed by atoms with Gasteiger partial charge in [-0.2, -0.15) is 0 Å². The van der Waals surface area contributed by atoms with E-state index in [9.17, 15) is 9.59 Å². The topological polar surface area (TPSA) is 70.2 Å². The summed E-state index contributed by atoms with van der Waals surface area (Å²) in [6, 6.07) is 0. The van der Waals surface area contributed by atoms with Crippen molar-refractivity contribution < 1.29 is 9.59 Å². The van der Waals surface area contributed by atoms with Gasteiger partial charge in [-0.25, -0.2) is 0 Å². The number of halogens is 1. The molecule has 17 heavy (non-hydrogen) atoms. The third-order valence-corrected chi connectivity index (χ3v) is 2.96. The van der Waals surface area contributed by atoms with Crippen LogP contribution in [0.5, 0.6) is 0 Å². The van der Waals surface area contributed by atoms with E-state index in [2.05, 4.69) is 16.0 Å². The van der Waals surface area contributed by atoms with Gasteiger partial charge in [-0.15, -0.1) is 12.4 Å². The first-order chi connectivity index (χ1) is 7.72. The van der Waals surface area contributed by atoms with Crippen LogP contribution < -0.4 is 16.0 Å². The predicted molar refractivity (Wildman–Crippen MR) is 69.2 cm³/mol. The number of likely N-dealkylation sites (N-methyl/N-ethyl adjacent to an activating group) is 1. The molecule has 0 aromatic heterocycles. The Hall–Kier alpha value is -0.810. The summed E-state index contributed by atoms with van der Waals surface area (Å²) >= 11 is 0. The summed E-state index contributed by atoms with van der Waals surface area (Å²) in [5, 5.41) is 8.37. The van der Waals surface area contributed by atoms with Crippen LogP contribution in [0.15, 0.2) is 0 Å². The van der Waals surface area contributed by atoms with Crippen LogP contribution in [0.25, 0.3) is 0 Å². The van der Waals surface area contributed by atoms with Gasteiger partial charge in [0.2, 0.25) is 11.8 Å². The van der Waals surface area contributed by atoms with Crippen LogP contribution >= 0.6 is 12.4 Å². The zero-order valence-electron chi connectivity index (χ0n) is 10.3. The summed E-state index contributed by atoms with van der Waals surface area (Å²) in [7, 11) is 1.56. The molecule has 0 aliphatic carbocycles. The molecule has 1 fully saturated rings. The average Bonchev–Trinajstić information content (AvgIpc) is 2.34. The molecule has 0 radical (unpaired) electrons. The molecule has 0 unspecified atom stereocenters. The van der Waals surface area contributed by atoms with Crippen LogP contribution in [0.3, 0.4) is 0 Å². The van der Waals surface area contributed by atoms with Crippen molar-refractivity contribution >= 4 is 24.2 Å². The molecule has 0 atom stereocenters. The van der Waals surface area contributed by atoms with E-state index in [0.29, 0.717) is 12.3 Å². The smallest absolute Gasteiger partial charge is 0.239 e. The molecular formula is C11H22ClN3O2. The number of hydrogen-bond donors (Lipinski definition) is 3. The number of hydrogen-bond acceptors (Lipinski definition) is 3. The van der Waals surface area contributed by atoms with Crippen LogP contribution in [0.4, 0.5) is 0 Å². The Labute approximate surface area is 109 Å². The quantitative estimate of drug-likeness (QED) is 0.657. The van der Waals surface area contributed by atoms with Crippen molar-refractivity contribution in [3.63, 3.8) is 0 Å². The number of rotatable bonds is 5. The zero-order valence-corrected chi connectivity index (χ0v) is 11.1. The minimum atomic E-state index is -0.157. The standard InChI is InChI=1S/C11H21N3O2.ClH/c1-12-11(16)8-14-10(15)3-2-9-4-6-13-7-5-9;/h9,13H,2-8H2,1H3,(H,12,16)(H,14,15);1H. The number of amides is 2. The molecule has 0 bridgehead atoms. The van der Waals surface area contributed by atoms with Crippen LogP contribution in [0, 0.1) is 5.92 Å². The van der Waals surface area contributed by atoms with Crippen LogP contribution in [-0.2, 0) is 9.59 Å². The molecule has 2 amide bonds. The Morgan fingerprint density at radius 3 is 2.47 bits per heavy atom. The van der Waals surface area contributed by atoms with E-state index in [1.165, 1.54) is 0 Å². The number of piperidine rings is 1. The Morgan fingerprint density at radius 1 is 1.24 bits per heavy atom. The molecule has 1 rings (SSSR count). The lowest BCUT2D eigenvalue weighted by Crippen LogP contribution is -2.35. The van der Waals surface area contributed by atoms with E-state index in [4.69, 9.17) is 0 Å². The Balaban J connectivity index is 0.00000256. The van der Waals surface area contributed by atoms with E-state index in [1.54, 1.807) is 7.05 Å². The lowest BCUT2D eigenvalue weighted by molar-refractivity contribution is -0.126. The van der Waals surface area contributed by atoms with Gasteiger partial charge in [0.15, 0.2) is 0 Å². The molecular weight excluding hydrogens is 242 g/mol. The minimum Gasteiger partial charge on any atom is -0.358 e. The second-order valence-electron chi connectivity index (χ2n) is 4.18. The number of carbonyl (C=O) groups excluding carboxylic acids is 2. The van der Waals surface area contributed by atoms with Gasteiger partial charge in [-0.05, 0) is 38.3 Å². The lowest BCUT2D eigenvalue weighted by Gasteiger charge is -2.22. The summed E-state index contributed by atoms with van der Waals surface area (Å²) in [4.78, 5) is 22.3. The number of nitrogens with one attached hydrogen (secondary N) is 3. The summed E-state index contributed by atoms with van der Waals surface area (Å²) in [5.41, 5.74) is 0. The SMILES string of the molecule is CNC(=O)CNC(=O)CCC1CCNCC1.Cl. The molecule has 100 valence electrons. The molecule has 1 aliphatic heterocycles. The molecule has 1 saturated heterocycles. The highest BCUT2D eigenvalue weighted by Crippen LogP contribution is 2.17. The zero-order chi connectivity index (χ0) is 11.8. The second-order valence-corrected chi connectivity index (χ2v) is 4.18. The molecule has 6 heteroatoms. The maximum absolute atomic E-state index is 11.4.